The fourth-order valence-electron chi connectivity index (χ4n) is 0.999. The van der Waals surface area contributed by atoms with Crippen LogP contribution in [0, 0.1) is 0 Å². The van der Waals surface area contributed by atoms with E-state index in [0.717, 1.165) is 6.42 Å². The molecule has 6 nitrogen and oxygen atoms in total. The molecule has 0 spiro atoms. The van der Waals surface area contributed by atoms with Crippen molar-refractivity contribution < 1.29 is 17.9 Å². The van der Waals surface area contributed by atoms with E-state index in [4.69, 9.17) is 11.6 Å². The summed E-state index contributed by atoms with van der Waals surface area (Å²) in [5.41, 5.74) is 0. The van der Waals surface area contributed by atoms with Crippen LogP contribution in [0.4, 0.5) is 4.79 Å². The van der Waals surface area contributed by atoms with Crippen LogP contribution in [0.3, 0.4) is 0 Å². The fraction of sp³-hybridized carbons (Fsp3) is 0.889. The molecule has 0 aromatic rings. The zero-order valence-electron chi connectivity index (χ0n) is 10.2. The van der Waals surface area contributed by atoms with Crippen LogP contribution in [0.5, 0.6) is 0 Å². The van der Waals surface area contributed by atoms with E-state index in [2.05, 4.69) is 9.46 Å². The van der Waals surface area contributed by atoms with Gasteiger partial charge in [-0.25, -0.2) is 9.52 Å². The van der Waals surface area contributed by atoms with Crippen LogP contribution >= 0.6 is 11.6 Å². The Morgan fingerprint density at radius 3 is 2.47 bits per heavy atom. The summed E-state index contributed by atoms with van der Waals surface area (Å²) in [6.45, 7) is 5.26. The zero-order valence-corrected chi connectivity index (χ0v) is 11.8. The number of nitrogens with one attached hydrogen (secondary N) is 2. The Bertz CT molecular complexity index is 332. The van der Waals surface area contributed by atoms with Crippen molar-refractivity contribution in [1.82, 2.24) is 9.44 Å². The van der Waals surface area contributed by atoms with Crippen LogP contribution in [0.25, 0.3) is 0 Å². The molecule has 1 unspecified atom stereocenters. The Morgan fingerprint density at radius 2 is 2.00 bits per heavy atom. The second-order valence-electron chi connectivity index (χ2n) is 3.79. The number of halogens is 1. The molecule has 8 heteroatoms. The minimum absolute atomic E-state index is 0.0691. The van der Waals surface area contributed by atoms with E-state index in [1.165, 1.54) is 0 Å². The molecule has 0 bridgehead atoms. The van der Waals surface area contributed by atoms with Gasteiger partial charge in [0, 0.05) is 11.9 Å². The SMILES string of the molecule is CCCC(Cl)CNS(=O)(=O)NC(=O)OC(C)C. The molecule has 0 radical (unpaired) electrons. The summed E-state index contributed by atoms with van der Waals surface area (Å²) >= 11 is 5.84. The third-order valence-electron chi connectivity index (χ3n) is 1.66. The van der Waals surface area contributed by atoms with Gasteiger partial charge in [0.1, 0.15) is 0 Å². The molecule has 2 N–H and O–H groups in total. The maximum Gasteiger partial charge on any atom is 0.422 e. The van der Waals surface area contributed by atoms with Gasteiger partial charge in [-0.15, -0.1) is 11.6 Å². The average molecular weight is 287 g/mol. The Balaban J connectivity index is 4.08. The van der Waals surface area contributed by atoms with Crippen molar-refractivity contribution in [2.24, 2.45) is 0 Å². The summed E-state index contributed by atoms with van der Waals surface area (Å²) < 4.78 is 31.2. The molecule has 1 amide bonds. The second-order valence-corrected chi connectivity index (χ2v) is 5.91. The largest absolute Gasteiger partial charge is 0.446 e. The predicted molar refractivity (Wildman–Crippen MR) is 66.2 cm³/mol. The number of hydrogen-bond acceptors (Lipinski definition) is 4. The van der Waals surface area contributed by atoms with Crippen molar-refractivity contribution in [3.8, 4) is 0 Å². The van der Waals surface area contributed by atoms with Crippen LogP contribution in [0.15, 0.2) is 0 Å². The molecule has 17 heavy (non-hydrogen) atoms. The third-order valence-corrected chi connectivity index (χ3v) is 3.01. The van der Waals surface area contributed by atoms with Gasteiger partial charge < -0.3 is 4.74 Å². The standard InChI is InChI=1S/C9H19ClN2O4S/c1-4-5-8(10)6-11-17(14,15)12-9(13)16-7(2)3/h7-8,11H,4-6H2,1-3H3,(H,12,13). The maximum absolute atomic E-state index is 11.3. The summed E-state index contributed by atoms with van der Waals surface area (Å²) in [5.74, 6) is 0. The summed E-state index contributed by atoms with van der Waals surface area (Å²) in [4.78, 5) is 11.1. The summed E-state index contributed by atoms with van der Waals surface area (Å²) in [6.07, 6.45) is 0.166. The Labute approximate surface area is 107 Å². The van der Waals surface area contributed by atoms with Gasteiger partial charge in [-0.05, 0) is 20.3 Å². The molecule has 1 atom stereocenters. The highest BCUT2D eigenvalue weighted by atomic mass is 35.5. The lowest BCUT2D eigenvalue weighted by Crippen LogP contribution is -2.43. The fourth-order valence-corrected chi connectivity index (χ4v) is 2.15. The first-order valence-electron chi connectivity index (χ1n) is 5.39. The van der Waals surface area contributed by atoms with Crippen molar-refractivity contribution in [2.75, 3.05) is 6.54 Å². The number of carbonyl (C=O) groups excluding carboxylic acids is 1. The molecule has 0 aliphatic heterocycles. The molecule has 0 aromatic heterocycles. The van der Waals surface area contributed by atoms with Crippen molar-refractivity contribution in [3.05, 3.63) is 0 Å². The smallest absolute Gasteiger partial charge is 0.422 e. The van der Waals surface area contributed by atoms with Gasteiger partial charge in [-0.2, -0.15) is 13.1 Å². The van der Waals surface area contributed by atoms with Crippen LogP contribution < -0.4 is 9.44 Å². The number of ether oxygens (including phenoxy) is 1. The minimum atomic E-state index is -3.90. The summed E-state index contributed by atoms with van der Waals surface area (Å²) in [5, 5.41) is -0.294. The average Bonchev–Trinajstić information content (AvgIpc) is 2.13. The maximum atomic E-state index is 11.3. The molecule has 0 aliphatic rings. The first kappa shape index (κ1) is 16.5. The molecule has 102 valence electrons. The van der Waals surface area contributed by atoms with Gasteiger partial charge in [0.05, 0.1) is 6.10 Å². The Kier molecular flexibility index (Phi) is 7.49. The topological polar surface area (TPSA) is 84.5 Å². The molecular weight excluding hydrogens is 268 g/mol. The zero-order chi connectivity index (χ0) is 13.5. The number of carbonyl (C=O) groups is 1. The van der Waals surface area contributed by atoms with Crippen molar-refractivity contribution >= 4 is 27.9 Å². The van der Waals surface area contributed by atoms with Gasteiger partial charge >= 0.3 is 16.3 Å². The number of hydrogen-bond donors (Lipinski definition) is 2. The van der Waals surface area contributed by atoms with E-state index in [0.29, 0.717) is 6.42 Å². The number of alkyl halides is 1. The lowest BCUT2D eigenvalue weighted by atomic mass is 10.2. The van der Waals surface area contributed by atoms with Crippen LogP contribution in [0.1, 0.15) is 33.6 Å². The van der Waals surface area contributed by atoms with Gasteiger partial charge in [0.15, 0.2) is 0 Å². The Morgan fingerprint density at radius 1 is 1.41 bits per heavy atom. The van der Waals surface area contributed by atoms with Gasteiger partial charge in [-0.3, -0.25) is 0 Å². The van der Waals surface area contributed by atoms with Crippen molar-refractivity contribution in [1.29, 1.82) is 0 Å². The van der Waals surface area contributed by atoms with E-state index in [9.17, 15) is 13.2 Å². The van der Waals surface area contributed by atoms with Crippen molar-refractivity contribution in [2.45, 2.75) is 45.1 Å². The normalized spacial score (nSPS) is 13.5. The summed E-state index contributed by atoms with van der Waals surface area (Å²) in [6, 6.07) is 0. The third kappa shape index (κ3) is 9.20. The van der Waals surface area contributed by atoms with Gasteiger partial charge in [-0.1, -0.05) is 13.3 Å². The molecule has 0 saturated carbocycles. The predicted octanol–water partition coefficient (Wildman–Crippen LogP) is 1.36. The molecule has 0 aliphatic carbocycles. The van der Waals surface area contributed by atoms with E-state index in [-0.39, 0.29) is 18.0 Å². The van der Waals surface area contributed by atoms with E-state index >= 15 is 0 Å². The number of rotatable bonds is 7. The Hall–Kier alpha value is -0.530. The first-order chi connectivity index (χ1) is 7.76. The van der Waals surface area contributed by atoms with Crippen LogP contribution in [-0.4, -0.2) is 32.5 Å². The van der Waals surface area contributed by atoms with Crippen LogP contribution in [-0.2, 0) is 14.9 Å². The quantitative estimate of drug-likeness (QED) is 0.692. The van der Waals surface area contributed by atoms with Gasteiger partial charge in [0.25, 0.3) is 0 Å². The first-order valence-corrected chi connectivity index (χ1v) is 7.31. The van der Waals surface area contributed by atoms with Crippen molar-refractivity contribution in [3.63, 3.8) is 0 Å². The lowest BCUT2D eigenvalue weighted by molar-refractivity contribution is 0.121. The lowest BCUT2D eigenvalue weighted by Gasteiger charge is -2.12. The molecular formula is C9H19ClN2O4S. The second kappa shape index (κ2) is 7.73. The van der Waals surface area contributed by atoms with E-state index < -0.39 is 16.3 Å². The molecule has 0 aromatic carbocycles. The monoisotopic (exact) mass is 286 g/mol. The highest BCUT2D eigenvalue weighted by Crippen LogP contribution is 2.03. The molecule has 0 rings (SSSR count). The highest BCUT2D eigenvalue weighted by Gasteiger charge is 2.17. The minimum Gasteiger partial charge on any atom is -0.446 e. The summed E-state index contributed by atoms with van der Waals surface area (Å²) in [7, 11) is -3.90. The van der Waals surface area contributed by atoms with E-state index in [1.807, 2.05) is 6.92 Å². The molecule has 0 saturated heterocycles. The van der Waals surface area contributed by atoms with Gasteiger partial charge in [0.2, 0.25) is 0 Å². The number of amides is 1. The highest BCUT2D eigenvalue weighted by molar-refractivity contribution is 7.88. The van der Waals surface area contributed by atoms with E-state index in [1.54, 1.807) is 18.6 Å². The van der Waals surface area contributed by atoms with Crippen LogP contribution in [0.2, 0.25) is 0 Å². The molecule has 0 heterocycles. The molecule has 0 fully saturated rings.